The molecule has 7 heteroatoms. The highest BCUT2D eigenvalue weighted by atomic mass is 127. The summed E-state index contributed by atoms with van der Waals surface area (Å²) < 4.78 is 10.7. The molecule has 26 heavy (non-hydrogen) atoms. The third-order valence-electron chi connectivity index (χ3n) is 4.05. The third kappa shape index (κ3) is 6.05. The predicted octanol–water partition coefficient (Wildman–Crippen LogP) is 4.03. The van der Waals surface area contributed by atoms with Gasteiger partial charge in [0.25, 0.3) is 0 Å². The molecule has 0 amide bonds. The number of hydrogen-bond acceptors (Lipinski definition) is 4. The second-order valence-electron chi connectivity index (χ2n) is 6.32. The molecule has 2 aromatic rings. The summed E-state index contributed by atoms with van der Waals surface area (Å²) in [5.74, 6) is 2.34. The summed E-state index contributed by atoms with van der Waals surface area (Å²) in [6.45, 7) is 5.87. The smallest absolute Gasteiger partial charge is 0.191 e. The summed E-state index contributed by atoms with van der Waals surface area (Å²) in [4.78, 5) is 5.66. The summed E-state index contributed by atoms with van der Waals surface area (Å²) in [7, 11) is 5.08. The molecule has 0 spiro atoms. The number of thiophene rings is 1. The second kappa shape index (κ2) is 10.6. The van der Waals surface area contributed by atoms with E-state index in [0.29, 0.717) is 6.54 Å². The van der Waals surface area contributed by atoms with Gasteiger partial charge in [0.2, 0.25) is 0 Å². The van der Waals surface area contributed by atoms with E-state index in [1.165, 1.54) is 4.88 Å². The molecule has 1 aromatic heterocycles. The van der Waals surface area contributed by atoms with Crippen LogP contribution < -0.4 is 20.1 Å². The van der Waals surface area contributed by atoms with Gasteiger partial charge in [-0.05, 0) is 23.6 Å². The van der Waals surface area contributed by atoms with E-state index in [9.17, 15) is 0 Å². The van der Waals surface area contributed by atoms with Crippen molar-refractivity contribution in [1.82, 2.24) is 10.6 Å². The van der Waals surface area contributed by atoms with Gasteiger partial charge in [0.1, 0.15) is 11.5 Å². The normalized spacial score (nSPS) is 11.5. The van der Waals surface area contributed by atoms with Crippen molar-refractivity contribution < 1.29 is 9.47 Å². The van der Waals surface area contributed by atoms with Crippen molar-refractivity contribution in [2.24, 2.45) is 4.99 Å². The van der Waals surface area contributed by atoms with Crippen LogP contribution in [0, 0.1) is 0 Å². The van der Waals surface area contributed by atoms with Gasteiger partial charge >= 0.3 is 0 Å². The summed E-state index contributed by atoms with van der Waals surface area (Å²) in [5.41, 5.74) is 1.09. The van der Waals surface area contributed by atoms with Crippen LogP contribution in [-0.4, -0.2) is 33.8 Å². The van der Waals surface area contributed by atoms with Gasteiger partial charge in [-0.2, -0.15) is 0 Å². The van der Waals surface area contributed by atoms with Crippen LogP contribution in [0.25, 0.3) is 0 Å². The fraction of sp³-hybridized carbons (Fsp3) is 0.421. The molecule has 1 heterocycles. The first-order chi connectivity index (χ1) is 12.0. The molecule has 0 aliphatic rings. The van der Waals surface area contributed by atoms with Crippen LogP contribution in [0.4, 0.5) is 0 Å². The Bertz CT molecular complexity index is 703. The number of nitrogens with one attached hydrogen (secondary N) is 2. The van der Waals surface area contributed by atoms with Crippen LogP contribution in [-0.2, 0) is 12.0 Å². The van der Waals surface area contributed by atoms with Gasteiger partial charge in [0.15, 0.2) is 5.96 Å². The van der Waals surface area contributed by atoms with Gasteiger partial charge in [-0.3, -0.25) is 4.99 Å². The maximum Gasteiger partial charge on any atom is 0.191 e. The van der Waals surface area contributed by atoms with Crippen LogP contribution in [0.3, 0.4) is 0 Å². The predicted molar refractivity (Wildman–Crippen MR) is 121 cm³/mol. The van der Waals surface area contributed by atoms with Crippen molar-refractivity contribution in [2.45, 2.75) is 25.8 Å². The van der Waals surface area contributed by atoms with E-state index in [1.807, 2.05) is 18.2 Å². The summed E-state index contributed by atoms with van der Waals surface area (Å²) in [5, 5.41) is 8.86. The van der Waals surface area contributed by atoms with Crippen molar-refractivity contribution in [1.29, 1.82) is 0 Å². The highest BCUT2D eigenvalue weighted by Gasteiger charge is 2.21. The lowest BCUT2D eigenvalue weighted by Crippen LogP contribution is -2.43. The van der Waals surface area contributed by atoms with E-state index in [2.05, 4.69) is 47.0 Å². The Morgan fingerprint density at radius 3 is 2.50 bits per heavy atom. The summed E-state index contributed by atoms with van der Waals surface area (Å²) in [6, 6.07) is 10.1. The van der Waals surface area contributed by atoms with E-state index in [0.717, 1.165) is 29.6 Å². The minimum atomic E-state index is 0. The Balaban J connectivity index is 0.00000338. The average Bonchev–Trinajstić information content (AvgIpc) is 3.17. The van der Waals surface area contributed by atoms with E-state index >= 15 is 0 Å². The molecule has 0 aliphatic carbocycles. The molecule has 1 aromatic carbocycles. The fourth-order valence-corrected chi connectivity index (χ4v) is 3.31. The zero-order chi connectivity index (χ0) is 18.3. The molecule has 0 aliphatic heterocycles. The first-order valence-electron chi connectivity index (χ1n) is 8.19. The van der Waals surface area contributed by atoms with Crippen molar-refractivity contribution >= 4 is 41.3 Å². The maximum atomic E-state index is 5.44. The van der Waals surface area contributed by atoms with Crippen molar-refractivity contribution in [3.05, 3.63) is 46.2 Å². The number of benzene rings is 1. The average molecular weight is 489 g/mol. The lowest BCUT2D eigenvalue weighted by atomic mass is 9.91. The monoisotopic (exact) mass is 489 g/mol. The topological polar surface area (TPSA) is 54.9 Å². The summed E-state index contributed by atoms with van der Waals surface area (Å²) >= 11 is 1.78. The Kier molecular flexibility index (Phi) is 9.21. The third-order valence-corrected chi connectivity index (χ3v) is 5.29. The van der Waals surface area contributed by atoms with Crippen LogP contribution in [0.1, 0.15) is 24.3 Å². The molecule has 0 bridgehead atoms. The van der Waals surface area contributed by atoms with Crippen LogP contribution in [0.15, 0.2) is 40.7 Å². The number of guanidine groups is 1. The van der Waals surface area contributed by atoms with E-state index < -0.39 is 0 Å². The molecule has 0 saturated heterocycles. The largest absolute Gasteiger partial charge is 0.497 e. The Morgan fingerprint density at radius 2 is 1.92 bits per heavy atom. The fourth-order valence-electron chi connectivity index (χ4n) is 2.45. The van der Waals surface area contributed by atoms with Crippen molar-refractivity contribution in [3.8, 4) is 11.5 Å². The molecule has 144 valence electrons. The molecule has 2 N–H and O–H groups in total. The standard InChI is InChI=1S/C19H27N3O2S.HI/c1-19(2,17-7-6-10-25-17)13-22-18(20-3)21-12-14-8-9-15(23-4)11-16(14)24-5;/h6-11H,12-13H2,1-5H3,(H2,20,21,22);1H. The van der Waals surface area contributed by atoms with Gasteiger partial charge in [0, 0.05) is 42.1 Å². The zero-order valence-corrected chi connectivity index (χ0v) is 19.1. The van der Waals surface area contributed by atoms with Gasteiger partial charge in [-0.1, -0.05) is 19.9 Å². The number of ether oxygens (including phenoxy) is 2. The van der Waals surface area contributed by atoms with Crippen LogP contribution in [0.5, 0.6) is 11.5 Å². The van der Waals surface area contributed by atoms with Crippen LogP contribution in [0.2, 0.25) is 0 Å². The van der Waals surface area contributed by atoms with E-state index in [-0.39, 0.29) is 29.4 Å². The Labute approximate surface area is 177 Å². The van der Waals surface area contributed by atoms with Crippen LogP contribution >= 0.6 is 35.3 Å². The number of halogens is 1. The molecule has 0 fully saturated rings. The van der Waals surface area contributed by atoms with Gasteiger partial charge in [0.05, 0.1) is 14.2 Å². The van der Waals surface area contributed by atoms with Crippen molar-refractivity contribution in [3.63, 3.8) is 0 Å². The molecule has 0 radical (unpaired) electrons. The molecule has 0 atom stereocenters. The number of rotatable bonds is 7. The zero-order valence-electron chi connectivity index (χ0n) is 16.0. The highest BCUT2D eigenvalue weighted by molar-refractivity contribution is 14.0. The molecule has 0 saturated carbocycles. The first kappa shape index (κ1) is 22.6. The summed E-state index contributed by atoms with van der Waals surface area (Å²) in [6.07, 6.45) is 0. The number of nitrogens with zero attached hydrogens (tertiary/aromatic N) is 1. The van der Waals surface area contributed by atoms with E-state index in [1.54, 1.807) is 32.6 Å². The maximum absolute atomic E-state index is 5.44. The number of methoxy groups -OCH3 is 2. The SMILES string of the molecule is CN=C(NCc1ccc(OC)cc1OC)NCC(C)(C)c1cccs1.I. The molecule has 0 unspecified atom stereocenters. The van der Waals surface area contributed by atoms with Gasteiger partial charge < -0.3 is 20.1 Å². The molecule has 5 nitrogen and oxygen atoms in total. The van der Waals surface area contributed by atoms with Gasteiger partial charge in [-0.25, -0.2) is 0 Å². The van der Waals surface area contributed by atoms with E-state index in [4.69, 9.17) is 9.47 Å². The molecular weight excluding hydrogens is 461 g/mol. The molecule has 2 rings (SSSR count). The number of aliphatic imine (C=N–C) groups is 1. The van der Waals surface area contributed by atoms with Gasteiger partial charge in [-0.15, -0.1) is 35.3 Å². The minimum Gasteiger partial charge on any atom is -0.497 e. The Morgan fingerprint density at radius 1 is 1.15 bits per heavy atom. The lowest BCUT2D eigenvalue weighted by Gasteiger charge is -2.25. The Hall–Kier alpha value is -1.48. The lowest BCUT2D eigenvalue weighted by molar-refractivity contribution is 0.390. The first-order valence-corrected chi connectivity index (χ1v) is 9.07. The highest BCUT2D eigenvalue weighted by Crippen LogP contribution is 2.27. The quantitative estimate of drug-likeness (QED) is 0.351. The minimum absolute atomic E-state index is 0. The molecular formula is C19H28IN3O2S. The number of hydrogen-bond donors (Lipinski definition) is 2. The van der Waals surface area contributed by atoms with Crippen molar-refractivity contribution in [2.75, 3.05) is 27.8 Å². The second-order valence-corrected chi connectivity index (χ2v) is 7.27.